The zero-order chi connectivity index (χ0) is 24.7. The molecule has 4 rings (SSSR count). The number of amidine groups is 2. The SMILES string of the molecule is CC(C)(C)[C@@H](NC1=NS(=O)N=C1Nc1csc(S(=O)(=O)N2CCCC2CO)c1O)c1ccco1. The normalized spacial score (nSPS) is 22.5. The van der Waals surface area contributed by atoms with E-state index in [0.717, 1.165) is 11.3 Å². The Morgan fingerprint density at radius 2 is 2.09 bits per heavy atom. The highest BCUT2D eigenvalue weighted by Crippen LogP contribution is 2.41. The number of aliphatic hydroxyl groups is 1. The second-order valence-corrected chi connectivity index (χ2v) is 12.9. The third kappa shape index (κ3) is 4.77. The van der Waals surface area contributed by atoms with E-state index in [1.807, 2.05) is 26.8 Å². The zero-order valence-corrected chi connectivity index (χ0v) is 21.3. The number of sulfonamides is 1. The van der Waals surface area contributed by atoms with Crippen LogP contribution in [0.2, 0.25) is 0 Å². The first-order valence-corrected chi connectivity index (χ1v) is 14.0. The molecule has 4 N–H and O–H groups in total. The Kier molecular flexibility index (Phi) is 6.88. The highest BCUT2D eigenvalue weighted by molar-refractivity contribution is 7.91. The molecule has 2 aliphatic heterocycles. The molecular weight excluding hydrogens is 502 g/mol. The van der Waals surface area contributed by atoms with Crippen LogP contribution in [0.3, 0.4) is 0 Å². The van der Waals surface area contributed by atoms with Crippen molar-refractivity contribution in [3.05, 3.63) is 29.5 Å². The molecular formula is C20H27N5O6S3. The van der Waals surface area contributed by atoms with Crippen molar-refractivity contribution in [3.63, 3.8) is 0 Å². The number of hydrogen-bond donors (Lipinski definition) is 4. The van der Waals surface area contributed by atoms with E-state index in [1.54, 1.807) is 12.3 Å². The summed E-state index contributed by atoms with van der Waals surface area (Å²) in [4.78, 5) is 0. The lowest BCUT2D eigenvalue weighted by atomic mass is 9.85. The molecule has 2 aromatic rings. The van der Waals surface area contributed by atoms with Crippen LogP contribution in [-0.4, -0.2) is 58.0 Å². The van der Waals surface area contributed by atoms with Crippen LogP contribution >= 0.6 is 11.3 Å². The van der Waals surface area contributed by atoms with Crippen LogP contribution in [0.1, 0.15) is 45.4 Å². The van der Waals surface area contributed by atoms with Gasteiger partial charge in [-0.3, -0.25) is 0 Å². The highest BCUT2D eigenvalue weighted by Gasteiger charge is 2.38. The maximum absolute atomic E-state index is 13.1. The molecule has 186 valence electrons. The summed E-state index contributed by atoms with van der Waals surface area (Å²) in [6.45, 7) is 6.01. The number of anilines is 1. The Morgan fingerprint density at radius 1 is 1.35 bits per heavy atom. The predicted molar refractivity (Wildman–Crippen MR) is 131 cm³/mol. The van der Waals surface area contributed by atoms with Gasteiger partial charge in [-0.05, 0) is 30.4 Å². The van der Waals surface area contributed by atoms with Crippen molar-refractivity contribution in [2.45, 2.75) is 49.9 Å². The number of furan rings is 1. The molecule has 0 spiro atoms. The van der Waals surface area contributed by atoms with Crippen molar-refractivity contribution in [3.8, 4) is 5.75 Å². The first-order valence-electron chi connectivity index (χ1n) is 10.6. The van der Waals surface area contributed by atoms with Gasteiger partial charge in [0.2, 0.25) is 0 Å². The second kappa shape index (κ2) is 9.41. The summed E-state index contributed by atoms with van der Waals surface area (Å²) in [7, 11) is -3.99. The van der Waals surface area contributed by atoms with Crippen LogP contribution in [0.25, 0.3) is 0 Å². The van der Waals surface area contributed by atoms with Gasteiger partial charge in [-0.15, -0.1) is 20.1 Å². The minimum atomic E-state index is -3.99. The number of thiophene rings is 1. The summed E-state index contributed by atoms with van der Waals surface area (Å²) in [5, 5.41) is 27.8. The number of aromatic hydroxyl groups is 1. The van der Waals surface area contributed by atoms with E-state index in [2.05, 4.69) is 19.4 Å². The maximum Gasteiger partial charge on any atom is 0.269 e. The summed E-state index contributed by atoms with van der Waals surface area (Å²) < 4.78 is 52.9. The van der Waals surface area contributed by atoms with Gasteiger partial charge >= 0.3 is 0 Å². The number of nitrogens with zero attached hydrogens (tertiary/aromatic N) is 3. The lowest BCUT2D eigenvalue weighted by molar-refractivity contribution is 0.213. The molecule has 2 aliphatic rings. The summed E-state index contributed by atoms with van der Waals surface area (Å²) in [6.07, 6.45) is 2.76. The third-order valence-corrected chi connectivity index (χ3v) is 9.72. The molecule has 11 nitrogen and oxygen atoms in total. The van der Waals surface area contributed by atoms with Gasteiger partial charge in [-0.2, -0.15) is 4.31 Å². The number of rotatable bonds is 6. The van der Waals surface area contributed by atoms with Crippen LogP contribution in [0.4, 0.5) is 5.69 Å². The van der Waals surface area contributed by atoms with E-state index in [9.17, 15) is 22.8 Å². The molecule has 0 radical (unpaired) electrons. The minimum absolute atomic E-state index is 0.0979. The minimum Gasteiger partial charge on any atom is -0.504 e. The fourth-order valence-electron chi connectivity index (χ4n) is 3.89. The topological polar surface area (TPSA) is 157 Å². The Labute approximate surface area is 204 Å². The molecule has 2 unspecified atom stereocenters. The summed E-state index contributed by atoms with van der Waals surface area (Å²) in [6, 6.07) is 2.74. The van der Waals surface area contributed by atoms with Crippen LogP contribution in [0.15, 0.2) is 41.2 Å². The summed E-state index contributed by atoms with van der Waals surface area (Å²) in [5.41, 5.74) is -0.207. The van der Waals surface area contributed by atoms with Gasteiger partial charge in [0.15, 0.2) is 21.6 Å². The fourth-order valence-corrected chi connectivity index (χ4v) is 7.56. The van der Waals surface area contributed by atoms with Gasteiger partial charge in [0.05, 0.1) is 24.6 Å². The van der Waals surface area contributed by atoms with Gasteiger partial charge in [-0.1, -0.05) is 20.8 Å². The number of nitrogens with one attached hydrogen (secondary N) is 2. The molecule has 0 bridgehead atoms. The first-order chi connectivity index (χ1) is 16.0. The van der Waals surface area contributed by atoms with E-state index in [4.69, 9.17) is 4.42 Å². The van der Waals surface area contributed by atoms with E-state index >= 15 is 0 Å². The molecule has 3 atom stereocenters. The Hall–Kier alpha value is -2.26. The van der Waals surface area contributed by atoms with Crippen molar-refractivity contribution < 1.29 is 27.3 Å². The summed E-state index contributed by atoms with van der Waals surface area (Å²) >= 11 is -1.03. The Morgan fingerprint density at radius 3 is 2.74 bits per heavy atom. The first kappa shape index (κ1) is 24.9. The van der Waals surface area contributed by atoms with E-state index < -0.39 is 33.0 Å². The van der Waals surface area contributed by atoms with Gasteiger partial charge < -0.3 is 25.3 Å². The quantitative estimate of drug-likeness (QED) is 0.444. The lowest BCUT2D eigenvalue weighted by Crippen LogP contribution is -2.41. The molecule has 4 heterocycles. The van der Waals surface area contributed by atoms with Gasteiger partial charge in [0, 0.05) is 18.0 Å². The van der Waals surface area contributed by atoms with Crippen molar-refractivity contribution >= 4 is 49.9 Å². The maximum atomic E-state index is 13.1. The zero-order valence-electron chi connectivity index (χ0n) is 18.9. The second-order valence-electron chi connectivity index (χ2n) is 9.07. The van der Waals surface area contributed by atoms with Gasteiger partial charge in [0.25, 0.3) is 21.2 Å². The lowest BCUT2D eigenvalue weighted by Gasteiger charge is -2.30. The largest absolute Gasteiger partial charge is 0.504 e. The molecule has 0 amide bonds. The molecule has 0 saturated carbocycles. The summed E-state index contributed by atoms with van der Waals surface area (Å²) in [5.74, 6) is 0.491. The molecule has 34 heavy (non-hydrogen) atoms. The van der Waals surface area contributed by atoms with Crippen LogP contribution in [0, 0.1) is 5.41 Å². The highest BCUT2D eigenvalue weighted by atomic mass is 32.2. The molecule has 14 heteroatoms. The molecule has 1 saturated heterocycles. The third-order valence-electron chi connectivity index (χ3n) is 5.60. The van der Waals surface area contributed by atoms with E-state index in [0.29, 0.717) is 18.6 Å². The van der Waals surface area contributed by atoms with Crippen molar-refractivity contribution in [1.29, 1.82) is 0 Å². The van der Waals surface area contributed by atoms with Gasteiger partial charge in [0.1, 0.15) is 5.76 Å². The fraction of sp³-hybridized carbons (Fsp3) is 0.500. The van der Waals surface area contributed by atoms with E-state index in [1.165, 1.54) is 9.69 Å². The smallest absolute Gasteiger partial charge is 0.269 e. The number of hydrogen-bond acceptors (Lipinski definition) is 9. The molecule has 2 aromatic heterocycles. The van der Waals surface area contributed by atoms with Gasteiger partial charge in [-0.25, -0.2) is 12.6 Å². The van der Waals surface area contributed by atoms with Crippen LogP contribution in [-0.2, 0) is 21.2 Å². The number of aliphatic hydroxyl groups excluding tert-OH is 1. The Balaban J connectivity index is 1.57. The standard InChI is InChI=1S/C20H27N5O6S3/c1-20(2,3)16(14-7-5-9-31-14)22-18-17(23-33(28)24-18)21-13-11-32-19(15(13)27)34(29,30)25-8-4-6-12(25)10-26/h5,7,9,11-12,16,26-27H,4,6,8,10H2,1-3H3,(H,21,23)(H,22,24)/t12?,16-,33?/m0/s1. The van der Waals surface area contributed by atoms with Crippen molar-refractivity contribution in [1.82, 2.24) is 9.62 Å². The van der Waals surface area contributed by atoms with E-state index in [-0.39, 0.29) is 46.2 Å². The molecule has 0 aromatic carbocycles. The van der Waals surface area contributed by atoms with Crippen LogP contribution < -0.4 is 10.6 Å². The average Bonchev–Trinajstić information content (AvgIpc) is 3.54. The monoisotopic (exact) mass is 529 g/mol. The van der Waals surface area contributed by atoms with Crippen LogP contribution in [0.5, 0.6) is 5.75 Å². The van der Waals surface area contributed by atoms with Crippen molar-refractivity contribution in [2.75, 3.05) is 18.5 Å². The predicted octanol–water partition coefficient (Wildman–Crippen LogP) is 2.37. The molecule has 0 aliphatic carbocycles. The average molecular weight is 530 g/mol. The van der Waals surface area contributed by atoms with Crippen molar-refractivity contribution in [2.24, 2.45) is 14.2 Å². The Bertz CT molecular complexity index is 1230. The molecule has 1 fully saturated rings.